The van der Waals surface area contributed by atoms with Gasteiger partial charge in [-0.15, -0.1) is 0 Å². The molecule has 0 spiro atoms. The molecule has 0 atom stereocenters. The number of hydrogen-bond donors (Lipinski definition) is 0. The fourth-order valence-electron chi connectivity index (χ4n) is 7.74. The highest BCUT2D eigenvalue weighted by Gasteiger charge is 2.47. The van der Waals surface area contributed by atoms with Gasteiger partial charge in [0.1, 0.15) is 0 Å². The lowest BCUT2D eigenvalue weighted by Gasteiger charge is -2.34. The summed E-state index contributed by atoms with van der Waals surface area (Å²) in [6.45, 7) is 0. The molecule has 0 saturated carbocycles. The highest BCUT2D eigenvalue weighted by molar-refractivity contribution is 6.30. The molecule has 0 unspecified atom stereocenters. The van der Waals surface area contributed by atoms with E-state index in [1.807, 2.05) is 6.07 Å². The summed E-state index contributed by atoms with van der Waals surface area (Å²) in [4.78, 5) is 0. The van der Waals surface area contributed by atoms with Gasteiger partial charge in [0.25, 0.3) is 0 Å². The van der Waals surface area contributed by atoms with Crippen molar-refractivity contribution >= 4 is 33.4 Å². The summed E-state index contributed by atoms with van der Waals surface area (Å²) < 4.78 is 2.37. The standard InChI is InChI=1S/C43H28ClN/c44-32-24-27-37-39(28-32)43(30-12-3-1-4-13-30,31-14-5-2-6-15-31)38-19-11-18-34(42(37)38)29-22-25-33(26-23-29)45-40-20-9-7-16-35(40)36-17-8-10-21-41(36)45/h1-28H. The van der Waals surface area contributed by atoms with Crippen molar-refractivity contribution in [2.75, 3.05) is 0 Å². The van der Waals surface area contributed by atoms with E-state index in [4.69, 9.17) is 11.6 Å². The first kappa shape index (κ1) is 26.1. The van der Waals surface area contributed by atoms with Crippen molar-refractivity contribution < 1.29 is 0 Å². The van der Waals surface area contributed by atoms with E-state index in [0.29, 0.717) is 0 Å². The maximum Gasteiger partial charge on any atom is 0.0714 e. The van der Waals surface area contributed by atoms with Crippen LogP contribution >= 0.6 is 11.6 Å². The molecule has 1 aliphatic carbocycles. The zero-order valence-electron chi connectivity index (χ0n) is 24.5. The molecular formula is C43H28ClN. The molecule has 45 heavy (non-hydrogen) atoms. The number of halogens is 1. The van der Waals surface area contributed by atoms with Gasteiger partial charge in [0.2, 0.25) is 0 Å². The van der Waals surface area contributed by atoms with Gasteiger partial charge >= 0.3 is 0 Å². The third-order valence-corrected chi connectivity index (χ3v) is 9.79. The van der Waals surface area contributed by atoms with E-state index in [9.17, 15) is 0 Å². The number of benzene rings is 7. The van der Waals surface area contributed by atoms with Crippen LogP contribution in [0.3, 0.4) is 0 Å². The van der Waals surface area contributed by atoms with Crippen LogP contribution in [0.1, 0.15) is 22.3 Å². The summed E-state index contributed by atoms with van der Waals surface area (Å²) in [6.07, 6.45) is 0. The van der Waals surface area contributed by atoms with Crippen molar-refractivity contribution in [3.05, 3.63) is 197 Å². The van der Waals surface area contributed by atoms with E-state index in [-0.39, 0.29) is 0 Å². The molecule has 1 aromatic heterocycles. The average molecular weight is 594 g/mol. The van der Waals surface area contributed by atoms with E-state index in [0.717, 1.165) is 10.7 Å². The minimum Gasteiger partial charge on any atom is -0.309 e. The van der Waals surface area contributed by atoms with Crippen LogP contribution in [0.4, 0.5) is 0 Å². The van der Waals surface area contributed by atoms with Gasteiger partial charge in [-0.1, -0.05) is 145 Å². The predicted octanol–water partition coefficient (Wildman–Crippen LogP) is 11.5. The van der Waals surface area contributed by atoms with Gasteiger partial charge in [0, 0.05) is 21.5 Å². The molecule has 1 heterocycles. The van der Waals surface area contributed by atoms with Crippen LogP contribution in [-0.2, 0) is 5.41 Å². The first-order valence-corrected chi connectivity index (χ1v) is 15.8. The molecule has 0 radical (unpaired) electrons. The number of para-hydroxylation sites is 2. The van der Waals surface area contributed by atoms with Gasteiger partial charge in [-0.3, -0.25) is 0 Å². The molecule has 8 aromatic rings. The van der Waals surface area contributed by atoms with Crippen molar-refractivity contribution in [3.63, 3.8) is 0 Å². The number of hydrogen-bond acceptors (Lipinski definition) is 0. The maximum atomic E-state index is 6.77. The van der Waals surface area contributed by atoms with Gasteiger partial charge in [0.05, 0.1) is 16.4 Å². The lowest BCUT2D eigenvalue weighted by Crippen LogP contribution is -2.28. The van der Waals surface area contributed by atoms with Crippen molar-refractivity contribution in [1.29, 1.82) is 0 Å². The minimum atomic E-state index is -0.489. The quantitative estimate of drug-likeness (QED) is 0.191. The third-order valence-electron chi connectivity index (χ3n) is 9.55. The molecule has 0 amide bonds. The number of nitrogens with zero attached hydrogens (tertiary/aromatic N) is 1. The average Bonchev–Trinajstić information content (AvgIpc) is 3.60. The van der Waals surface area contributed by atoms with Gasteiger partial charge in [-0.25, -0.2) is 0 Å². The molecule has 0 N–H and O–H groups in total. The Kier molecular flexibility index (Phi) is 5.84. The first-order valence-electron chi connectivity index (χ1n) is 15.4. The molecular weight excluding hydrogens is 566 g/mol. The van der Waals surface area contributed by atoms with Crippen LogP contribution in [0.2, 0.25) is 5.02 Å². The minimum absolute atomic E-state index is 0.489. The molecule has 2 heteroatoms. The Labute approximate surface area is 267 Å². The molecule has 1 aliphatic rings. The Morgan fingerprint density at radius 3 is 1.64 bits per heavy atom. The Morgan fingerprint density at radius 2 is 1.02 bits per heavy atom. The lowest BCUT2D eigenvalue weighted by molar-refractivity contribution is 0.768. The number of aromatic nitrogens is 1. The number of fused-ring (bicyclic) bond motifs is 6. The second-order valence-corrected chi connectivity index (χ2v) is 12.3. The summed E-state index contributed by atoms with van der Waals surface area (Å²) in [5.74, 6) is 0. The molecule has 1 nitrogen and oxygen atoms in total. The van der Waals surface area contributed by atoms with E-state index < -0.39 is 5.41 Å². The van der Waals surface area contributed by atoms with Crippen molar-refractivity contribution in [1.82, 2.24) is 4.57 Å². The molecule has 212 valence electrons. The van der Waals surface area contributed by atoms with Gasteiger partial charge in [-0.2, -0.15) is 0 Å². The van der Waals surface area contributed by atoms with Crippen molar-refractivity contribution in [3.8, 4) is 27.9 Å². The lowest BCUT2D eigenvalue weighted by atomic mass is 9.67. The van der Waals surface area contributed by atoms with Crippen LogP contribution in [0.5, 0.6) is 0 Å². The zero-order chi connectivity index (χ0) is 30.0. The summed E-state index contributed by atoms with van der Waals surface area (Å²) in [7, 11) is 0. The third kappa shape index (κ3) is 3.75. The summed E-state index contributed by atoms with van der Waals surface area (Å²) in [5, 5.41) is 3.29. The monoisotopic (exact) mass is 593 g/mol. The zero-order valence-corrected chi connectivity index (χ0v) is 25.2. The smallest absolute Gasteiger partial charge is 0.0714 e. The molecule has 0 fully saturated rings. The summed E-state index contributed by atoms with van der Waals surface area (Å²) in [5.41, 5.74) is 13.0. The Balaban J connectivity index is 1.28. The topological polar surface area (TPSA) is 4.93 Å². The largest absolute Gasteiger partial charge is 0.309 e. The van der Waals surface area contributed by atoms with E-state index in [2.05, 4.69) is 168 Å². The van der Waals surface area contributed by atoms with E-state index in [1.54, 1.807) is 0 Å². The van der Waals surface area contributed by atoms with Crippen LogP contribution in [0.25, 0.3) is 49.7 Å². The second kappa shape index (κ2) is 10.1. The molecule has 0 aliphatic heterocycles. The van der Waals surface area contributed by atoms with Crippen LogP contribution in [-0.4, -0.2) is 4.57 Å². The fraction of sp³-hybridized carbons (Fsp3) is 0.0233. The van der Waals surface area contributed by atoms with Crippen molar-refractivity contribution in [2.45, 2.75) is 5.41 Å². The van der Waals surface area contributed by atoms with Gasteiger partial charge < -0.3 is 4.57 Å². The Morgan fingerprint density at radius 1 is 0.444 bits per heavy atom. The predicted molar refractivity (Wildman–Crippen MR) is 189 cm³/mol. The maximum absolute atomic E-state index is 6.77. The molecule has 0 bridgehead atoms. The summed E-state index contributed by atoms with van der Waals surface area (Å²) in [6, 6.07) is 61.3. The molecule has 9 rings (SSSR count). The van der Waals surface area contributed by atoms with Crippen LogP contribution < -0.4 is 0 Å². The number of rotatable bonds is 4. The highest BCUT2D eigenvalue weighted by atomic mass is 35.5. The highest BCUT2D eigenvalue weighted by Crippen LogP contribution is 2.58. The molecule has 7 aromatic carbocycles. The van der Waals surface area contributed by atoms with Crippen molar-refractivity contribution in [2.24, 2.45) is 0 Å². The molecule has 0 saturated heterocycles. The van der Waals surface area contributed by atoms with Gasteiger partial charge in [0.15, 0.2) is 0 Å². The Hall–Kier alpha value is -5.37. The summed E-state index contributed by atoms with van der Waals surface area (Å²) >= 11 is 6.77. The Bertz CT molecular complexity index is 2270. The fourth-order valence-corrected chi connectivity index (χ4v) is 7.91. The normalized spacial score (nSPS) is 13.2. The van der Waals surface area contributed by atoms with E-state index in [1.165, 1.54) is 66.3 Å². The van der Waals surface area contributed by atoms with E-state index >= 15 is 0 Å². The second-order valence-electron chi connectivity index (χ2n) is 11.8. The van der Waals surface area contributed by atoms with Crippen LogP contribution in [0, 0.1) is 0 Å². The SMILES string of the molecule is Clc1ccc2c(c1)C(c1ccccc1)(c1ccccc1)c1cccc(-c3ccc(-n4c5ccccc5c5ccccc54)cc3)c1-2. The first-order chi connectivity index (χ1) is 22.2. The van der Waals surface area contributed by atoms with Gasteiger partial charge in [-0.05, 0) is 80.9 Å². The van der Waals surface area contributed by atoms with Crippen LogP contribution in [0.15, 0.2) is 170 Å².